The van der Waals surface area contributed by atoms with Crippen LogP contribution in [-0.4, -0.2) is 23.0 Å². The molecule has 4 nitrogen and oxygen atoms in total. The van der Waals surface area contributed by atoms with Crippen molar-refractivity contribution in [2.24, 2.45) is 0 Å². The molecule has 0 atom stereocenters. The van der Waals surface area contributed by atoms with E-state index in [9.17, 15) is 4.79 Å². The van der Waals surface area contributed by atoms with Crippen LogP contribution in [0.2, 0.25) is 5.02 Å². The molecule has 0 amide bonds. The summed E-state index contributed by atoms with van der Waals surface area (Å²) < 4.78 is 4.64. The summed E-state index contributed by atoms with van der Waals surface area (Å²) in [7, 11) is 1.26. The molecule has 0 saturated heterocycles. The lowest BCUT2D eigenvalue weighted by Crippen LogP contribution is -2.05. The molecule has 12 heavy (non-hydrogen) atoms. The summed E-state index contributed by atoms with van der Waals surface area (Å²) >= 11 is 10.3. The number of rotatable bonds is 1. The Bertz CT molecular complexity index is 363. The number of nitrogens with one attached hydrogen (secondary N) is 1. The van der Waals surface area contributed by atoms with Gasteiger partial charge in [0.1, 0.15) is 5.69 Å². The van der Waals surface area contributed by atoms with Crippen LogP contribution in [0, 0.1) is 4.77 Å². The average molecular weight is 205 g/mol. The second-order valence-corrected chi connectivity index (χ2v) is 2.70. The first-order valence-corrected chi connectivity index (χ1v) is 3.77. The molecule has 1 rings (SSSR count). The molecule has 0 fully saturated rings. The maximum atomic E-state index is 11.0. The molecule has 0 radical (unpaired) electrons. The lowest BCUT2D eigenvalue weighted by Gasteiger charge is -1.99. The number of carbonyl (C=O) groups excluding carboxylic acids is 1. The molecular formula is C6H5ClN2O2S. The van der Waals surface area contributed by atoms with Crippen LogP contribution < -0.4 is 0 Å². The molecule has 1 aromatic heterocycles. The number of nitrogens with zero attached hydrogens (tertiary/aromatic N) is 1. The topological polar surface area (TPSA) is 55.0 Å². The fraction of sp³-hybridized carbons (Fsp3) is 0.167. The Balaban J connectivity index is 3.22. The number of carbonyl (C=O) groups is 1. The smallest absolute Gasteiger partial charge is 0.356 e. The maximum absolute atomic E-state index is 11.0. The molecule has 1 heterocycles. The van der Waals surface area contributed by atoms with Gasteiger partial charge in [-0.1, -0.05) is 11.6 Å². The van der Waals surface area contributed by atoms with Crippen molar-refractivity contribution in [3.8, 4) is 0 Å². The lowest BCUT2D eigenvalue weighted by molar-refractivity contribution is 0.0594. The van der Waals surface area contributed by atoms with Crippen molar-refractivity contribution in [1.82, 2.24) is 9.97 Å². The second-order valence-electron chi connectivity index (χ2n) is 1.90. The van der Waals surface area contributed by atoms with Crippen molar-refractivity contribution in [2.45, 2.75) is 0 Å². The number of methoxy groups -OCH3 is 1. The van der Waals surface area contributed by atoms with Crippen molar-refractivity contribution in [3.63, 3.8) is 0 Å². The van der Waals surface area contributed by atoms with E-state index in [1.165, 1.54) is 13.3 Å². The van der Waals surface area contributed by atoms with E-state index in [1.807, 2.05) is 0 Å². The first kappa shape index (κ1) is 9.15. The third-order valence-corrected chi connectivity index (χ3v) is 1.65. The van der Waals surface area contributed by atoms with E-state index in [4.69, 9.17) is 23.8 Å². The van der Waals surface area contributed by atoms with Gasteiger partial charge in [0.2, 0.25) is 0 Å². The highest BCUT2D eigenvalue weighted by atomic mass is 35.5. The molecule has 0 aromatic carbocycles. The molecule has 0 spiro atoms. The SMILES string of the molecule is COC(=O)c1[nH]c(=S)ncc1Cl. The summed E-state index contributed by atoms with van der Waals surface area (Å²) in [5.41, 5.74) is 0.124. The van der Waals surface area contributed by atoms with Crippen LogP contribution in [0.1, 0.15) is 10.5 Å². The normalized spacial score (nSPS) is 9.50. The Morgan fingerprint density at radius 3 is 3.08 bits per heavy atom. The third kappa shape index (κ3) is 1.80. The Morgan fingerprint density at radius 2 is 2.50 bits per heavy atom. The van der Waals surface area contributed by atoms with Crippen molar-refractivity contribution >= 4 is 29.8 Å². The van der Waals surface area contributed by atoms with E-state index in [0.29, 0.717) is 0 Å². The van der Waals surface area contributed by atoms with E-state index in [2.05, 4.69) is 14.7 Å². The highest BCUT2D eigenvalue weighted by Gasteiger charge is 2.10. The molecule has 0 bridgehead atoms. The Hall–Kier alpha value is -0.940. The van der Waals surface area contributed by atoms with E-state index in [-0.39, 0.29) is 15.5 Å². The number of ether oxygens (including phenoxy) is 1. The first-order valence-electron chi connectivity index (χ1n) is 2.98. The Morgan fingerprint density at radius 1 is 1.83 bits per heavy atom. The number of aromatic amines is 1. The van der Waals surface area contributed by atoms with E-state index >= 15 is 0 Å². The van der Waals surface area contributed by atoms with Gasteiger partial charge in [-0.2, -0.15) is 0 Å². The zero-order valence-electron chi connectivity index (χ0n) is 6.13. The number of hydrogen-bond donors (Lipinski definition) is 1. The van der Waals surface area contributed by atoms with Gasteiger partial charge in [-0.15, -0.1) is 0 Å². The monoisotopic (exact) mass is 204 g/mol. The van der Waals surface area contributed by atoms with Gasteiger partial charge >= 0.3 is 5.97 Å². The first-order chi connectivity index (χ1) is 5.65. The molecule has 0 unspecified atom stereocenters. The number of esters is 1. The summed E-state index contributed by atoms with van der Waals surface area (Å²) in [5.74, 6) is -0.562. The molecule has 64 valence electrons. The highest BCUT2D eigenvalue weighted by molar-refractivity contribution is 7.71. The Labute approximate surface area is 78.5 Å². The number of H-pyrrole nitrogens is 1. The van der Waals surface area contributed by atoms with Crippen LogP contribution in [0.4, 0.5) is 0 Å². The van der Waals surface area contributed by atoms with Crippen LogP contribution in [0.3, 0.4) is 0 Å². The molecule has 6 heteroatoms. The summed E-state index contributed by atoms with van der Waals surface area (Å²) in [6, 6.07) is 0. The Kier molecular flexibility index (Phi) is 2.78. The lowest BCUT2D eigenvalue weighted by atomic mass is 10.4. The standard InChI is InChI=1S/C6H5ClN2O2S/c1-11-5(10)4-3(7)2-8-6(12)9-4/h2H,1H3,(H,8,9,12). The van der Waals surface area contributed by atoms with Crippen molar-refractivity contribution in [3.05, 3.63) is 21.7 Å². The molecule has 0 aliphatic carbocycles. The van der Waals surface area contributed by atoms with Gasteiger partial charge in [-0.05, 0) is 12.2 Å². The zero-order chi connectivity index (χ0) is 9.14. The fourth-order valence-electron chi connectivity index (χ4n) is 0.629. The second kappa shape index (κ2) is 3.64. The molecular weight excluding hydrogens is 200 g/mol. The third-order valence-electron chi connectivity index (χ3n) is 1.16. The van der Waals surface area contributed by atoms with Crippen molar-refractivity contribution in [2.75, 3.05) is 7.11 Å². The van der Waals surface area contributed by atoms with Gasteiger partial charge in [0.15, 0.2) is 4.77 Å². The maximum Gasteiger partial charge on any atom is 0.356 e. The van der Waals surface area contributed by atoms with Crippen molar-refractivity contribution < 1.29 is 9.53 Å². The van der Waals surface area contributed by atoms with E-state index in [0.717, 1.165) is 0 Å². The van der Waals surface area contributed by atoms with Crippen LogP contribution in [0.5, 0.6) is 0 Å². The summed E-state index contributed by atoms with van der Waals surface area (Å²) in [6.07, 6.45) is 1.30. The van der Waals surface area contributed by atoms with Gasteiger partial charge in [0.05, 0.1) is 18.3 Å². The van der Waals surface area contributed by atoms with E-state index < -0.39 is 5.97 Å². The fourth-order valence-corrected chi connectivity index (χ4v) is 0.957. The van der Waals surface area contributed by atoms with Crippen LogP contribution in [-0.2, 0) is 4.74 Å². The van der Waals surface area contributed by atoms with Gasteiger partial charge in [-0.3, -0.25) is 0 Å². The number of aromatic nitrogens is 2. The van der Waals surface area contributed by atoms with Crippen LogP contribution in [0.25, 0.3) is 0 Å². The minimum Gasteiger partial charge on any atom is -0.464 e. The zero-order valence-corrected chi connectivity index (χ0v) is 7.70. The highest BCUT2D eigenvalue weighted by Crippen LogP contribution is 2.11. The molecule has 1 N–H and O–H groups in total. The number of halogens is 1. The van der Waals surface area contributed by atoms with Gasteiger partial charge in [-0.25, -0.2) is 9.78 Å². The predicted molar refractivity (Wildman–Crippen MR) is 45.8 cm³/mol. The molecule has 0 aliphatic rings. The van der Waals surface area contributed by atoms with Gasteiger partial charge < -0.3 is 9.72 Å². The largest absolute Gasteiger partial charge is 0.464 e. The summed E-state index contributed by atoms with van der Waals surface area (Å²) in [5, 5.41) is 0.190. The molecule has 1 aromatic rings. The average Bonchev–Trinajstić information content (AvgIpc) is 2.08. The van der Waals surface area contributed by atoms with Crippen molar-refractivity contribution in [1.29, 1.82) is 0 Å². The minimum absolute atomic E-state index is 0.124. The summed E-state index contributed by atoms with van der Waals surface area (Å²) in [6.45, 7) is 0. The summed E-state index contributed by atoms with van der Waals surface area (Å²) in [4.78, 5) is 17.2. The molecule has 0 aliphatic heterocycles. The van der Waals surface area contributed by atoms with Gasteiger partial charge in [0.25, 0.3) is 0 Å². The quantitative estimate of drug-likeness (QED) is 0.558. The minimum atomic E-state index is -0.562. The van der Waals surface area contributed by atoms with Crippen LogP contribution >= 0.6 is 23.8 Å². The predicted octanol–water partition coefficient (Wildman–Crippen LogP) is 1.58. The van der Waals surface area contributed by atoms with Gasteiger partial charge in [0, 0.05) is 0 Å². The molecule has 0 saturated carbocycles. The van der Waals surface area contributed by atoms with E-state index in [1.54, 1.807) is 0 Å². The number of hydrogen-bond acceptors (Lipinski definition) is 4. The van der Waals surface area contributed by atoms with Crippen LogP contribution in [0.15, 0.2) is 6.20 Å².